The maximum Gasteiger partial charge on any atom is 0.343 e. The van der Waals surface area contributed by atoms with Gasteiger partial charge in [-0.05, 0) is 0 Å². The number of halogens is 2. The first kappa shape index (κ1) is 15.1. The number of hydrogen-bond acceptors (Lipinski definition) is 7. The van der Waals surface area contributed by atoms with Gasteiger partial charge in [0.1, 0.15) is 0 Å². The first-order valence-corrected chi connectivity index (χ1v) is 6.62. The molecule has 0 aromatic carbocycles. The van der Waals surface area contributed by atoms with Crippen molar-refractivity contribution in [1.29, 1.82) is 0 Å². The lowest BCUT2D eigenvalue weighted by Gasteiger charge is -2.27. The van der Waals surface area contributed by atoms with Gasteiger partial charge in [-0.3, -0.25) is 0 Å². The third-order valence-corrected chi connectivity index (χ3v) is 3.14. The summed E-state index contributed by atoms with van der Waals surface area (Å²) in [5.41, 5.74) is 0. The van der Waals surface area contributed by atoms with E-state index in [-0.39, 0.29) is 22.7 Å². The number of hydrogen-bond donors (Lipinski definition) is 0. The van der Waals surface area contributed by atoms with E-state index in [9.17, 15) is 4.79 Å². The van der Waals surface area contributed by atoms with Crippen LogP contribution in [0.5, 0.6) is 5.75 Å². The summed E-state index contributed by atoms with van der Waals surface area (Å²) in [6.45, 7) is 2.21. The molecule has 0 bridgehead atoms. The van der Waals surface area contributed by atoms with Crippen LogP contribution in [-0.2, 0) is 14.3 Å². The Bertz CT molecular complexity index is 472. The molecule has 1 fully saturated rings. The van der Waals surface area contributed by atoms with Crippen LogP contribution >= 0.6 is 23.2 Å². The first-order valence-electron chi connectivity index (χ1n) is 5.87. The van der Waals surface area contributed by atoms with Gasteiger partial charge in [0.25, 0.3) is 0 Å². The van der Waals surface area contributed by atoms with E-state index in [1.54, 1.807) is 0 Å². The molecule has 7 nitrogen and oxygen atoms in total. The van der Waals surface area contributed by atoms with E-state index in [1.807, 2.05) is 4.90 Å². The summed E-state index contributed by atoms with van der Waals surface area (Å²) >= 11 is 12.0. The highest BCUT2D eigenvalue weighted by atomic mass is 35.5. The fraction of sp³-hybridized carbons (Fsp3) is 0.545. The summed E-state index contributed by atoms with van der Waals surface area (Å²) in [6, 6.07) is 0. The summed E-state index contributed by atoms with van der Waals surface area (Å²) in [4.78, 5) is 21.2. The zero-order chi connectivity index (χ0) is 14.5. The molecule has 0 unspecified atom stereocenters. The topological polar surface area (TPSA) is 73.8 Å². The number of methoxy groups -OCH3 is 1. The Morgan fingerprint density at radius 2 is 1.90 bits per heavy atom. The van der Waals surface area contributed by atoms with Gasteiger partial charge in [0, 0.05) is 13.1 Å². The van der Waals surface area contributed by atoms with Crippen molar-refractivity contribution in [2.45, 2.75) is 0 Å². The molecule has 20 heavy (non-hydrogen) atoms. The van der Waals surface area contributed by atoms with E-state index in [2.05, 4.69) is 14.7 Å². The van der Waals surface area contributed by atoms with Crippen LogP contribution < -0.4 is 9.64 Å². The van der Waals surface area contributed by atoms with Gasteiger partial charge in [-0.15, -0.1) is 0 Å². The van der Waals surface area contributed by atoms with Crippen LogP contribution in [0.15, 0.2) is 0 Å². The average molecular weight is 322 g/mol. The van der Waals surface area contributed by atoms with Crippen LogP contribution in [0, 0.1) is 0 Å². The molecule has 0 aliphatic carbocycles. The SMILES string of the molecule is COC(=O)COc1c(Cl)nc(N2CCOCC2)nc1Cl. The van der Waals surface area contributed by atoms with Crippen molar-refractivity contribution < 1.29 is 19.0 Å². The van der Waals surface area contributed by atoms with Crippen molar-refractivity contribution in [1.82, 2.24) is 9.97 Å². The van der Waals surface area contributed by atoms with E-state index >= 15 is 0 Å². The van der Waals surface area contributed by atoms with Gasteiger partial charge in [0.15, 0.2) is 22.7 Å². The lowest BCUT2D eigenvalue weighted by atomic mass is 10.4. The third-order valence-electron chi connectivity index (χ3n) is 2.63. The van der Waals surface area contributed by atoms with Gasteiger partial charge in [-0.25, -0.2) is 4.79 Å². The average Bonchev–Trinajstić information content (AvgIpc) is 2.46. The van der Waals surface area contributed by atoms with E-state index in [1.165, 1.54) is 7.11 Å². The normalized spacial score (nSPS) is 15.1. The van der Waals surface area contributed by atoms with Gasteiger partial charge in [0.2, 0.25) is 5.95 Å². The Kier molecular flexibility index (Phi) is 5.22. The Hall–Kier alpha value is -1.31. The molecular formula is C11H13Cl2N3O4. The molecule has 2 heterocycles. The van der Waals surface area contributed by atoms with Crippen molar-refractivity contribution in [3.8, 4) is 5.75 Å². The molecule has 110 valence electrons. The highest BCUT2D eigenvalue weighted by Crippen LogP contribution is 2.31. The van der Waals surface area contributed by atoms with Gasteiger partial charge >= 0.3 is 5.97 Å². The number of anilines is 1. The number of carbonyl (C=O) groups excluding carboxylic acids is 1. The number of nitrogens with zero attached hydrogens (tertiary/aromatic N) is 3. The number of ether oxygens (including phenoxy) is 3. The Morgan fingerprint density at radius 1 is 1.30 bits per heavy atom. The van der Waals surface area contributed by atoms with Gasteiger partial charge in [0.05, 0.1) is 20.3 Å². The van der Waals surface area contributed by atoms with Crippen LogP contribution in [0.3, 0.4) is 0 Å². The molecular weight excluding hydrogens is 309 g/mol. The Balaban J connectivity index is 2.13. The molecule has 0 radical (unpaired) electrons. The predicted molar refractivity (Wildman–Crippen MR) is 72.6 cm³/mol. The van der Waals surface area contributed by atoms with Crippen LogP contribution in [0.4, 0.5) is 5.95 Å². The van der Waals surface area contributed by atoms with Crippen LogP contribution in [0.1, 0.15) is 0 Å². The molecule has 0 amide bonds. The van der Waals surface area contributed by atoms with Crippen molar-refractivity contribution in [3.63, 3.8) is 0 Å². The summed E-state index contributed by atoms with van der Waals surface area (Å²) in [6.07, 6.45) is 0. The molecule has 1 aliphatic rings. The summed E-state index contributed by atoms with van der Waals surface area (Å²) in [5, 5.41) is 0.103. The van der Waals surface area contributed by atoms with Crippen molar-refractivity contribution in [2.24, 2.45) is 0 Å². The molecule has 9 heteroatoms. The smallest absolute Gasteiger partial charge is 0.343 e. The summed E-state index contributed by atoms with van der Waals surface area (Å²) in [7, 11) is 1.26. The number of rotatable bonds is 4. The molecule has 1 aromatic rings. The maximum absolute atomic E-state index is 11.0. The number of morpholine rings is 1. The maximum atomic E-state index is 11.0. The van der Waals surface area contributed by atoms with Gasteiger partial charge in [-0.2, -0.15) is 9.97 Å². The fourth-order valence-electron chi connectivity index (χ4n) is 1.60. The summed E-state index contributed by atoms with van der Waals surface area (Å²) in [5.74, 6) is -0.0705. The second-order valence-corrected chi connectivity index (χ2v) is 4.61. The van der Waals surface area contributed by atoms with Crippen LogP contribution in [0.25, 0.3) is 0 Å². The quantitative estimate of drug-likeness (QED) is 0.608. The largest absolute Gasteiger partial charge is 0.475 e. The minimum absolute atomic E-state index is 0.0513. The van der Waals surface area contributed by atoms with Crippen LogP contribution in [-0.4, -0.2) is 56.0 Å². The van der Waals surface area contributed by atoms with E-state index < -0.39 is 5.97 Å². The van der Waals surface area contributed by atoms with Crippen LogP contribution in [0.2, 0.25) is 10.3 Å². The Labute approximate surface area is 125 Å². The molecule has 1 aromatic heterocycles. The lowest BCUT2D eigenvalue weighted by Crippen LogP contribution is -2.37. The first-order chi connectivity index (χ1) is 9.61. The third kappa shape index (κ3) is 3.62. The number of carbonyl (C=O) groups is 1. The second kappa shape index (κ2) is 6.92. The number of esters is 1. The van der Waals surface area contributed by atoms with Crippen molar-refractivity contribution >= 4 is 35.1 Å². The van der Waals surface area contributed by atoms with E-state index in [4.69, 9.17) is 32.7 Å². The zero-order valence-electron chi connectivity index (χ0n) is 10.8. The zero-order valence-corrected chi connectivity index (χ0v) is 12.3. The highest BCUT2D eigenvalue weighted by molar-refractivity contribution is 6.35. The lowest BCUT2D eigenvalue weighted by molar-refractivity contribution is -0.142. The molecule has 0 spiro atoms. The standard InChI is InChI=1S/C11H13Cl2N3O4/c1-18-7(17)6-20-8-9(12)14-11(15-10(8)13)16-2-4-19-5-3-16/h2-6H2,1H3. The second-order valence-electron chi connectivity index (χ2n) is 3.90. The van der Waals surface area contributed by atoms with E-state index in [0.29, 0.717) is 32.3 Å². The molecule has 0 atom stereocenters. The Morgan fingerprint density at radius 3 is 2.45 bits per heavy atom. The fourth-order valence-corrected chi connectivity index (χ4v) is 2.09. The molecule has 1 aliphatic heterocycles. The minimum Gasteiger partial charge on any atom is -0.475 e. The highest BCUT2D eigenvalue weighted by Gasteiger charge is 2.19. The monoisotopic (exact) mass is 321 g/mol. The van der Waals surface area contributed by atoms with Crippen molar-refractivity contribution in [2.75, 3.05) is 44.9 Å². The van der Waals surface area contributed by atoms with Crippen molar-refractivity contribution in [3.05, 3.63) is 10.3 Å². The van der Waals surface area contributed by atoms with E-state index in [0.717, 1.165) is 0 Å². The van der Waals surface area contributed by atoms with Gasteiger partial charge in [-0.1, -0.05) is 23.2 Å². The summed E-state index contributed by atoms with van der Waals surface area (Å²) < 4.78 is 14.9. The number of aromatic nitrogens is 2. The molecule has 2 rings (SSSR count). The predicted octanol–water partition coefficient (Wildman–Crippen LogP) is 1.17. The van der Waals surface area contributed by atoms with Gasteiger partial charge < -0.3 is 19.1 Å². The minimum atomic E-state index is -0.547. The molecule has 0 saturated carbocycles. The molecule has 1 saturated heterocycles. The molecule has 0 N–H and O–H groups in total.